The van der Waals surface area contributed by atoms with Crippen LogP contribution in [0.3, 0.4) is 0 Å². The highest BCUT2D eigenvalue weighted by molar-refractivity contribution is 5.91. The SMILES string of the molecule is CC(C)c1nc(N2CCN(C(=O)c3ccco3)C(C)C2)c(C#N)cc1-c1ccc(C(F)(F)F)cc1. The molecule has 0 bridgehead atoms. The number of hydrogen-bond donors (Lipinski definition) is 0. The molecule has 1 aliphatic heterocycles. The summed E-state index contributed by atoms with van der Waals surface area (Å²) in [5.41, 5.74) is 1.50. The Balaban J connectivity index is 1.65. The summed E-state index contributed by atoms with van der Waals surface area (Å²) in [6, 6.07) is 11.9. The van der Waals surface area contributed by atoms with Gasteiger partial charge in [0.05, 0.1) is 23.1 Å². The molecule has 6 nitrogen and oxygen atoms in total. The first kappa shape index (κ1) is 24.3. The van der Waals surface area contributed by atoms with Gasteiger partial charge in [0.1, 0.15) is 11.9 Å². The van der Waals surface area contributed by atoms with Crippen molar-refractivity contribution in [2.75, 3.05) is 24.5 Å². The van der Waals surface area contributed by atoms with Crippen molar-refractivity contribution in [1.82, 2.24) is 9.88 Å². The molecule has 1 amide bonds. The van der Waals surface area contributed by atoms with E-state index in [4.69, 9.17) is 9.40 Å². The molecule has 1 fully saturated rings. The summed E-state index contributed by atoms with van der Waals surface area (Å²) in [5, 5.41) is 9.89. The number of furan rings is 1. The van der Waals surface area contributed by atoms with Crippen LogP contribution in [0.15, 0.2) is 53.1 Å². The van der Waals surface area contributed by atoms with Gasteiger partial charge in [-0.25, -0.2) is 4.98 Å². The number of halogens is 3. The Kier molecular flexibility index (Phi) is 6.57. The van der Waals surface area contributed by atoms with E-state index >= 15 is 0 Å². The Morgan fingerprint density at radius 1 is 1.20 bits per heavy atom. The highest BCUT2D eigenvalue weighted by Gasteiger charge is 2.32. The van der Waals surface area contributed by atoms with Crippen molar-refractivity contribution in [2.45, 2.75) is 38.9 Å². The molecule has 1 aliphatic rings. The summed E-state index contributed by atoms with van der Waals surface area (Å²) >= 11 is 0. The molecule has 1 saturated heterocycles. The Bertz CT molecular complexity index is 1250. The van der Waals surface area contributed by atoms with Gasteiger partial charge in [0, 0.05) is 31.2 Å². The van der Waals surface area contributed by atoms with Gasteiger partial charge in [-0.2, -0.15) is 18.4 Å². The topological polar surface area (TPSA) is 73.4 Å². The Labute approximate surface area is 201 Å². The molecule has 3 heterocycles. The third-order valence-corrected chi connectivity index (χ3v) is 6.14. The fraction of sp³-hybridized carbons (Fsp3) is 0.346. The normalized spacial score (nSPS) is 16.5. The standard InChI is InChI=1S/C26H25F3N4O2/c1-16(2)23-21(18-6-8-20(9-7-18)26(27,28)29)13-19(14-30)24(31-23)32-10-11-33(17(3)15-32)25(34)22-5-4-12-35-22/h4-9,12-13,16-17H,10-11,15H2,1-3H3. The van der Waals surface area contributed by atoms with Crippen LogP contribution in [0, 0.1) is 11.3 Å². The van der Waals surface area contributed by atoms with Gasteiger partial charge < -0.3 is 14.2 Å². The van der Waals surface area contributed by atoms with Crippen molar-refractivity contribution < 1.29 is 22.4 Å². The summed E-state index contributed by atoms with van der Waals surface area (Å²) in [5.74, 6) is 0.585. The van der Waals surface area contributed by atoms with Crippen LogP contribution in [0.25, 0.3) is 11.1 Å². The average molecular weight is 483 g/mol. The van der Waals surface area contributed by atoms with Gasteiger partial charge in [0.2, 0.25) is 0 Å². The molecule has 1 aromatic carbocycles. The molecule has 35 heavy (non-hydrogen) atoms. The molecular formula is C26H25F3N4O2. The van der Waals surface area contributed by atoms with Crippen LogP contribution in [0.2, 0.25) is 0 Å². The lowest BCUT2D eigenvalue weighted by atomic mass is 9.95. The van der Waals surface area contributed by atoms with E-state index in [1.54, 1.807) is 23.1 Å². The van der Waals surface area contributed by atoms with Crippen LogP contribution >= 0.6 is 0 Å². The van der Waals surface area contributed by atoms with Crippen molar-refractivity contribution in [3.05, 3.63) is 71.3 Å². The van der Waals surface area contributed by atoms with E-state index < -0.39 is 11.7 Å². The van der Waals surface area contributed by atoms with E-state index in [2.05, 4.69) is 6.07 Å². The number of pyridine rings is 1. The zero-order valence-electron chi connectivity index (χ0n) is 19.6. The molecule has 0 spiro atoms. The van der Waals surface area contributed by atoms with Crippen LogP contribution in [-0.2, 0) is 6.18 Å². The number of hydrogen-bond acceptors (Lipinski definition) is 5. The Morgan fingerprint density at radius 3 is 2.46 bits per heavy atom. The second-order valence-electron chi connectivity index (χ2n) is 8.90. The zero-order valence-corrected chi connectivity index (χ0v) is 19.6. The summed E-state index contributed by atoms with van der Waals surface area (Å²) in [6.45, 7) is 7.23. The first-order chi connectivity index (χ1) is 16.6. The number of alkyl halides is 3. The zero-order chi connectivity index (χ0) is 25.3. The van der Waals surface area contributed by atoms with E-state index in [0.717, 1.165) is 12.1 Å². The minimum absolute atomic E-state index is 0.0296. The number of benzene rings is 1. The fourth-order valence-electron chi connectivity index (χ4n) is 4.34. The predicted octanol–water partition coefficient (Wildman–Crippen LogP) is 5.71. The number of piperazine rings is 1. The van der Waals surface area contributed by atoms with E-state index in [0.29, 0.717) is 47.8 Å². The van der Waals surface area contributed by atoms with Crippen molar-refractivity contribution in [2.24, 2.45) is 0 Å². The minimum Gasteiger partial charge on any atom is -0.459 e. The van der Waals surface area contributed by atoms with Gasteiger partial charge in [-0.1, -0.05) is 26.0 Å². The van der Waals surface area contributed by atoms with E-state index in [-0.39, 0.29) is 23.6 Å². The summed E-state index contributed by atoms with van der Waals surface area (Å²) < 4.78 is 44.3. The maximum absolute atomic E-state index is 13.0. The van der Waals surface area contributed by atoms with Crippen LogP contribution in [0.4, 0.5) is 19.0 Å². The van der Waals surface area contributed by atoms with E-state index in [1.807, 2.05) is 25.7 Å². The number of anilines is 1. The van der Waals surface area contributed by atoms with Gasteiger partial charge in [0.15, 0.2) is 5.76 Å². The summed E-state index contributed by atoms with van der Waals surface area (Å²) in [4.78, 5) is 21.3. The quantitative estimate of drug-likeness (QED) is 0.477. The molecule has 9 heteroatoms. The monoisotopic (exact) mass is 482 g/mol. The molecule has 4 rings (SSSR count). The van der Waals surface area contributed by atoms with Crippen molar-refractivity contribution >= 4 is 11.7 Å². The number of rotatable bonds is 4. The lowest BCUT2D eigenvalue weighted by Crippen LogP contribution is -2.54. The third kappa shape index (κ3) is 4.87. The summed E-state index contributed by atoms with van der Waals surface area (Å²) in [6.07, 6.45) is -2.96. The molecule has 182 valence electrons. The van der Waals surface area contributed by atoms with Gasteiger partial charge in [-0.15, -0.1) is 0 Å². The van der Waals surface area contributed by atoms with Crippen molar-refractivity contribution in [1.29, 1.82) is 5.26 Å². The summed E-state index contributed by atoms with van der Waals surface area (Å²) in [7, 11) is 0. The predicted molar refractivity (Wildman–Crippen MR) is 125 cm³/mol. The third-order valence-electron chi connectivity index (χ3n) is 6.14. The number of carbonyl (C=O) groups is 1. The molecule has 1 unspecified atom stereocenters. The Hall–Kier alpha value is -3.80. The molecule has 0 N–H and O–H groups in total. The van der Waals surface area contributed by atoms with Gasteiger partial charge in [0.25, 0.3) is 5.91 Å². The molecule has 2 aromatic heterocycles. The van der Waals surface area contributed by atoms with Gasteiger partial charge in [-0.3, -0.25) is 4.79 Å². The first-order valence-electron chi connectivity index (χ1n) is 11.3. The second-order valence-corrected chi connectivity index (χ2v) is 8.90. The molecule has 3 aromatic rings. The number of nitriles is 1. The highest BCUT2D eigenvalue weighted by atomic mass is 19.4. The average Bonchev–Trinajstić information content (AvgIpc) is 3.37. The fourth-order valence-corrected chi connectivity index (χ4v) is 4.34. The lowest BCUT2D eigenvalue weighted by Gasteiger charge is -2.40. The largest absolute Gasteiger partial charge is 0.459 e. The Morgan fingerprint density at radius 2 is 1.91 bits per heavy atom. The number of aromatic nitrogens is 1. The van der Waals surface area contributed by atoms with Gasteiger partial charge in [-0.05, 0) is 48.7 Å². The van der Waals surface area contributed by atoms with Crippen molar-refractivity contribution in [3.8, 4) is 17.2 Å². The maximum atomic E-state index is 13.0. The second kappa shape index (κ2) is 9.45. The number of amides is 1. The van der Waals surface area contributed by atoms with Gasteiger partial charge >= 0.3 is 6.18 Å². The molecule has 0 saturated carbocycles. The molecule has 0 radical (unpaired) electrons. The van der Waals surface area contributed by atoms with Crippen LogP contribution in [0.1, 0.15) is 54.1 Å². The first-order valence-corrected chi connectivity index (χ1v) is 11.3. The minimum atomic E-state index is -4.42. The van der Waals surface area contributed by atoms with Crippen LogP contribution < -0.4 is 4.90 Å². The molecule has 0 aliphatic carbocycles. The van der Waals surface area contributed by atoms with E-state index in [1.165, 1.54) is 18.4 Å². The molecular weight excluding hydrogens is 457 g/mol. The number of nitrogens with zero attached hydrogens (tertiary/aromatic N) is 4. The number of carbonyl (C=O) groups excluding carboxylic acids is 1. The van der Waals surface area contributed by atoms with E-state index in [9.17, 15) is 23.2 Å². The van der Waals surface area contributed by atoms with Crippen LogP contribution in [0.5, 0.6) is 0 Å². The molecule has 1 atom stereocenters. The highest BCUT2D eigenvalue weighted by Crippen LogP contribution is 2.35. The van der Waals surface area contributed by atoms with Crippen molar-refractivity contribution in [3.63, 3.8) is 0 Å². The maximum Gasteiger partial charge on any atom is 0.416 e. The van der Waals surface area contributed by atoms with Crippen LogP contribution in [-0.4, -0.2) is 41.5 Å². The smallest absolute Gasteiger partial charge is 0.416 e. The lowest BCUT2D eigenvalue weighted by molar-refractivity contribution is -0.137.